The van der Waals surface area contributed by atoms with Gasteiger partial charge in [-0.25, -0.2) is 8.78 Å². The number of H-pyrrole nitrogens is 1. The topological polar surface area (TPSA) is 131 Å². The Hall–Kier alpha value is -2.49. The quantitative estimate of drug-likeness (QED) is 0.612. The van der Waals surface area contributed by atoms with Gasteiger partial charge in [-0.05, 0) is 0 Å². The second kappa shape index (κ2) is 6.31. The van der Waals surface area contributed by atoms with Crippen molar-refractivity contribution < 1.29 is 8.78 Å². The summed E-state index contributed by atoms with van der Waals surface area (Å²) in [7, 11) is 0. The number of rotatable bonds is 5. The SMILES string of the molecule is NC=C(C=NCC(F)F)Nc1nc(N)c2c(Cl)[nH]nc2n1. The molecule has 0 saturated carbocycles. The summed E-state index contributed by atoms with van der Waals surface area (Å²) in [6.45, 7) is -0.629. The number of aromatic nitrogens is 4. The number of nitrogen functional groups attached to an aromatic ring is 1. The number of allylic oxidation sites excluding steroid dienone is 1. The number of hydrogen-bond donors (Lipinski definition) is 4. The Morgan fingerprint density at radius 3 is 2.90 bits per heavy atom. The van der Waals surface area contributed by atoms with Crippen LogP contribution >= 0.6 is 11.6 Å². The maximum Gasteiger partial charge on any atom is 0.257 e. The molecule has 0 bridgehead atoms. The molecular weight excluding hydrogens is 306 g/mol. The molecule has 112 valence electrons. The summed E-state index contributed by atoms with van der Waals surface area (Å²) in [4.78, 5) is 11.5. The normalized spacial score (nSPS) is 12.7. The first kappa shape index (κ1) is 14.9. The lowest BCUT2D eigenvalue weighted by Gasteiger charge is -2.05. The minimum absolute atomic E-state index is 0.0864. The van der Waals surface area contributed by atoms with E-state index in [9.17, 15) is 8.78 Å². The molecule has 2 aromatic heterocycles. The van der Waals surface area contributed by atoms with E-state index in [0.717, 1.165) is 12.4 Å². The molecule has 6 N–H and O–H groups in total. The minimum atomic E-state index is -2.53. The monoisotopic (exact) mass is 316 g/mol. The van der Waals surface area contributed by atoms with Gasteiger partial charge in [0.2, 0.25) is 5.95 Å². The fourth-order valence-electron chi connectivity index (χ4n) is 1.45. The van der Waals surface area contributed by atoms with Gasteiger partial charge in [-0.2, -0.15) is 15.1 Å². The molecule has 0 amide bonds. The summed E-state index contributed by atoms with van der Waals surface area (Å²) in [5, 5.41) is 9.67. The molecule has 2 rings (SSSR count). The standard InChI is InChI=1S/C10H11ClF2N8/c11-7-6-8(15)18-10(19-9(6)21-20-7)17-4(1-14)2-16-3-5(12)13/h1-2,5H,3,14H2,(H4,15,17,18,19,20,21). The van der Waals surface area contributed by atoms with E-state index in [-0.39, 0.29) is 28.3 Å². The fraction of sp³-hybridized carbons (Fsp3) is 0.200. The summed E-state index contributed by atoms with van der Waals surface area (Å²) in [6, 6.07) is 0. The van der Waals surface area contributed by atoms with E-state index in [1.165, 1.54) is 0 Å². The third-order valence-corrected chi connectivity index (χ3v) is 2.58. The van der Waals surface area contributed by atoms with Crippen molar-refractivity contribution in [2.75, 3.05) is 17.6 Å². The summed E-state index contributed by atoms with van der Waals surface area (Å²) in [5.74, 6) is 0.200. The third-order valence-electron chi connectivity index (χ3n) is 2.31. The molecule has 0 unspecified atom stereocenters. The highest BCUT2D eigenvalue weighted by atomic mass is 35.5. The van der Waals surface area contributed by atoms with Crippen LogP contribution in [0.4, 0.5) is 20.5 Å². The average Bonchev–Trinajstić information content (AvgIpc) is 2.79. The fourth-order valence-corrected chi connectivity index (χ4v) is 1.67. The zero-order valence-corrected chi connectivity index (χ0v) is 11.3. The van der Waals surface area contributed by atoms with Crippen LogP contribution in [0, 0.1) is 0 Å². The van der Waals surface area contributed by atoms with Crippen LogP contribution in [0.2, 0.25) is 5.15 Å². The average molecular weight is 317 g/mol. The van der Waals surface area contributed by atoms with E-state index in [2.05, 4.69) is 30.5 Å². The van der Waals surface area contributed by atoms with Gasteiger partial charge < -0.3 is 16.8 Å². The van der Waals surface area contributed by atoms with Crippen molar-refractivity contribution in [2.45, 2.75) is 6.43 Å². The van der Waals surface area contributed by atoms with Crippen LogP contribution < -0.4 is 16.8 Å². The van der Waals surface area contributed by atoms with Gasteiger partial charge in [-0.15, -0.1) is 0 Å². The number of alkyl halides is 2. The van der Waals surface area contributed by atoms with Gasteiger partial charge in [0.1, 0.15) is 16.4 Å². The first-order valence-corrected chi connectivity index (χ1v) is 6.03. The predicted octanol–water partition coefficient (Wildman–Crippen LogP) is 1.14. The van der Waals surface area contributed by atoms with Gasteiger partial charge in [0.25, 0.3) is 6.43 Å². The molecule has 0 fully saturated rings. The molecule has 8 nitrogen and oxygen atoms in total. The number of nitrogens with two attached hydrogens (primary N) is 2. The first-order valence-electron chi connectivity index (χ1n) is 5.65. The van der Waals surface area contributed by atoms with Crippen molar-refractivity contribution >= 4 is 40.6 Å². The molecule has 0 aromatic carbocycles. The highest BCUT2D eigenvalue weighted by Gasteiger charge is 2.12. The number of fused-ring (bicyclic) bond motifs is 1. The number of halogens is 3. The molecular formula is C10H11ClF2N8. The van der Waals surface area contributed by atoms with Crippen molar-refractivity contribution in [1.82, 2.24) is 20.2 Å². The first-order chi connectivity index (χ1) is 10.0. The maximum absolute atomic E-state index is 12.0. The van der Waals surface area contributed by atoms with Gasteiger partial charge in [0.05, 0.1) is 12.2 Å². The van der Waals surface area contributed by atoms with Crippen molar-refractivity contribution in [3.05, 3.63) is 17.1 Å². The highest BCUT2D eigenvalue weighted by molar-refractivity contribution is 6.35. The minimum Gasteiger partial charge on any atom is -0.403 e. The Balaban J connectivity index is 2.20. The Bertz CT molecular complexity index is 696. The molecule has 0 radical (unpaired) electrons. The van der Waals surface area contributed by atoms with E-state index >= 15 is 0 Å². The van der Waals surface area contributed by atoms with Crippen LogP contribution in [0.15, 0.2) is 16.9 Å². The molecule has 2 heterocycles. The molecule has 21 heavy (non-hydrogen) atoms. The summed E-state index contributed by atoms with van der Waals surface area (Å²) in [6.07, 6.45) is -0.251. The van der Waals surface area contributed by atoms with Crippen LogP contribution in [0.5, 0.6) is 0 Å². The van der Waals surface area contributed by atoms with Gasteiger partial charge in [0.15, 0.2) is 5.65 Å². The zero-order valence-electron chi connectivity index (χ0n) is 10.5. The predicted molar refractivity (Wildman–Crippen MR) is 76.4 cm³/mol. The lowest BCUT2D eigenvalue weighted by atomic mass is 10.4. The number of aliphatic imine (C=N–C) groups is 1. The van der Waals surface area contributed by atoms with Crippen molar-refractivity contribution in [2.24, 2.45) is 10.7 Å². The Morgan fingerprint density at radius 1 is 1.48 bits per heavy atom. The molecule has 0 spiro atoms. The van der Waals surface area contributed by atoms with Crippen molar-refractivity contribution in [3.8, 4) is 0 Å². The van der Waals surface area contributed by atoms with Crippen LogP contribution in [0.1, 0.15) is 0 Å². The number of anilines is 2. The smallest absolute Gasteiger partial charge is 0.257 e. The van der Waals surface area contributed by atoms with E-state index < -0.39 is 13.0 Å². The van der Waals surface area contributed by atoms with Crippen LogP contribution in [0.3, 0.4) is 0 Å². The van der Waals surface area contributed by atoms with Crippen LogP contribution in [-0.4, -0.2) is 39.4 Å². The molecule has 0 saturated heterocycles. The van der Waals surface area contributed by atoms with E-state index in [0.29, 0.717) is 5.39 Å². The molecule has 0 atom stereocenters. The number of aromatic amines is 1. The van der Waals surface area contributed by atoms with E-state index in [1.807, 2.05) is 0 Å². The van der Waals surface area contributed by atoms with E-state index in [4.69, 9.17) is 23.1 Å². The van der Waals surface area contributed by atoms with E-state index in [1.54, 1.807) is 0 Å². The van der Waals surface area contributed by atoms with Crippen molar-refractivity contribution in [1.29, 1.82) is 0 Å². The summed E-state index contributed by atoms with van der Waals surface area (Å²) in [5.41, 5.74) is 11.6. The lowest BCUT2D eigenvalue weighted by Crippen LogP contribution is -2.09. The molecule has 0 aliphatic rings. The highest BCUT2D eigenvalue weighted by Crippen LogP contribution is 2.24. The van der Waals surface area contributed by atoms with Gasteiger partial charge in [-0.3, -0.25) is 10.1 Å². The largest absolute Gasteiger partial charge is 0.403 e. The Morgan fingerprint density at radius 2 is 2.24 bits per heavy atom. The summed E-state index contributed by atoms with van der Waals surface area (Å²) < 4.78 is 24.0. The number of nitrogens with one attached hydrogen (secondary N) is 2. The van der Waals surface area contributed by atoms with Gasteiger partial charge in [-0.1, -0.05) is 11.6 Å². The van der Waals surface area contributed by atoms with Crippen LogP contribution in [-0.2, 0) is 0 Å². The summed E-state index contributed by atoms with van der Waals surface area (Å²) >= 11 is 5.84. The maximum atomic E-state index is 12.0. The third kappa shape index (κ3) is 3.54. The molecule has 2 aromatic rings. The molecule has 11 heteroatoms. The van der Waals surface area contributed by atoms with Crippen molar-refractivity contribution in [3.63, 3.8) is 0 Å². The van der Waals surface area contributed by atoms with Crippen LogP contribution in [0.25, 0.3) is 11.0 Å². The zero-order chi connectivity index (χ0) is 15.4. The Labute approximate surface area is 122 Å². The second-order valence-electron chi connectivity index (χ2n) is 3.80. The van der Waals surface area contributed by atoms with Gasteiger partial charge in [0, 0.05) is 12.4 Å². The Kier molecular flexibility index (Phi) is 4.48. The number of hydrogen-bond acceptors (Lipinski definition) is 7. The molecule has 0 aliphatic carbocycles. The lowest BCUT2D eigenvalue weighted by molar-refractivity contribution is 0.159. The molecule has 0 aliphatic heterocycles. The van der Waals surface area contributed by atoms with Gasteiger partial charge >= 0.3 is 0 Å². The second-order valence-corrected chi connectivity index (χ2v) is 4.18. The number of nitrogens with zero attached hydrogens (tertiary/aromatic N) is 4.